The number of hydrogen-bond acceptors (Lipinski definition) is 2. The first-order chi connectivity index (χ1) is 11.7. The zero-order valence-electron chi connectivity index (χ0n) is 13.6. The highest BCUT2D eigenvalue weighted by molar-refractivity contribution is 5.96. The molecule has 2 N–H and O–H groups in total. The molecule has 2 aromatic rings. The summed E-state index contributed by atoms with van der Waals surface area (Å²) < 4.78 is 0. The first kappa shape index (κ1) is 16.2. The molecule has 0 aliphatic carbocycles. The average Bonchev–Trinajstić information content (AvgIpc) is 2.61. The predicted molar refractivity (Wildman–Crippen MR) is 94.7 cm³/mol. The number of para-hydroxylation sites is 1. The van der Waals surface area contributed by atoms with Crippen LogP contribution < -0.4 is 10.6 Å². The molecule has 4 heteroatoms. The maximum absolute atomic E-state index is 12.1. The Hall–Kier alpha value is -2.62. The molecule has 1 atom stereocenters. The van der Waals surface area contributed by atoms with Crippen LogP contribution in [0.15, 0.2) is 54.6 Å². The predicted octanol–water partition coefficient (Wildman–Crippen LogP) is 2.94. The Morgan fingerprint density at radius 3 is 2.67 bits per heavy atom. The Morgan fingerprint density at radius 1 is 1.08 bits per heavy atom. The van der Waals surface area contributed by atoms with Gasteiger partial charge in [-0.1, -0.05) is 48.5 Å². The molecule has 0 saturated heterocycles. The van der Waals surface area contributed by atoms with Crippen LogP contribution in [0.2, 0.25) is 0 Å². The fourth-order valence-electron chi connectivity index (χ4n) is 3.03. The number of hydrogen-bond donors (Lipinski definition) is 2. The fourth-order valence-corrected chi connectivity index (χ4v) is 3.03. The van der Waals surface area contributed by atoms with Crippen LogP contribution in [0, 0.1) is 5.92 Å². The SMILES string of the molecule is O=C(CCC1Cc2ccccc2NC1=O)NCCc1ccccc1. The molecule has 4 nitrogen and oxygen atoms in total. The molecular formula is C20H22N2O2. The summed E-state index contributed by atoms with van der Waals surface area (Å²) in [6.07, 6.45) is 2.50. The van der Waals surface area contributed by atoms with Crippen molar-refractivity contribution in [2.75, 3.05) is 11.9 Å². The third kappa shape index (κ3) is 4.22. The smallest absolute Gasteiger partial charge is 0.227 e. The summed E-state index contributed by atoms with van der Waals surface area (Å²) in [5.41, 5.74) is 3.25. The lowest BCUT2D eigenvalue weighted by Crippen LogP contribution is -2.32. The van der Waals surface area contributed by atoms with E-state index >= 15 is 0 Å². The first-order valence-corrected chi connectivity index (χ1v) is 8.42. The van der Waals surface area contributed by atoms with E-state index in [1.807, 2.05) is 42.5 Å². The standard InChI is InChI=1S/C20H22N2O2/c23-19(21-13-12-15-6-2-1-3-7-15)11-10-17-14-16-8-4-5-9-18(16)22-20(17)24/h1-9,17H,10-14H2,(H,21,23)(H,22,24). The molecule has 0 fully saturated rings. The summed E-state index contributed by atoms with van der Waals surface area (Å²) in [6, 6.07) is 17.9. The van der Waals surface area contributed by atoms with Gasteiger partial charge < -0.3 is 10.6 Å². The Labute approximate surface area is 142 Å². The van der Waals surface area contributed by atoms with Crippen LogP contribution in [0.3, 0.4) is 0 Å². The van der Waals surface area contributed by atoms with Gasteiger partial charge in [0.15, 0.2) is 0 Å². The number of fused-ring (bicyclic) bond motifs is 1. The van der Waals surface area contributed by atoms with Gasteiger partial charge in [0, 0.05) is 24.6 Å². The summed E-state index contributed by atoms with van der Waals surface area (Å²) in [5, 5.41) is 5.86. The van der Waals surface area contributed by atoms with E-state index in [0.29, 0.717) is 25.8 Å². The Morgan fingerprint density at radius 2 is 1.83 bits per heavy atom. The van der Waals surface area contributed by atoms with Crippen molar-refractivity contribution >= 4 is 17.5 Å². The molecule has 0 aromatic heterocycles. The third-order valence-electron chi connectivity index (χ3n) is 4.41. The lowest BCUT2D eigenvalue weighted by atomic mass is 9.89. The topological polar surface area (TPSA) is 58.2 Å². The van der Waals surface area contributed by atoms with Crippen LogP contribution in [0.5, 0.6) is 0 Å². The van der Waals surface area contributed by atoms with Crippen LogP contribution in [0.1, 0.15) is 24.0 Å². The van der Waals surface area contributed by atoms with Gasteiger partial charge in [-0.05, 0) is 36.5 Å². The highest BCUT2D eigenvalue weighted by Gasteiger charge is 2.26. The molecule has 124 valence electrons. The van der Waals surface area contributed by atoms with Gasteiger partial charge in [0.05, 0.1) is 0 Å². The van der Waals surface area contributed by atoms with E-state index < -0.39 is 0 Å². The first-order valence-electron chi connectivity index (χ1n) is 8.42. The Kier molecular flexibility index (Phi) is 5.26. The summed E-state index contributed by atoms with van der Waals surface area (Å²) in [7, 11) is 0. The second-order valence-electron chi connectivity index (χ2n) is 6.17. The minimum absolute atomic E-state index is 0.0117. The average molecular weight is 322 g/mol. The van der Waals surface area contributed by atoms with Crippen LogP contribution in [-0.2, 0) is 22.4 Å². The minimum atomic E-state index is -0.125. The summed E-state index contributed by atoms with van der Waals surface area (Å²) in [4.78, 5) is 24.1. The van der Waals surface area contributed by atoms with E-state index in [0.717, 1.165) is 17.7 Å². The molecular weight excluding hydrogens is 300 g/mol. The van der Waals surface area contributed by atoms with Gasteiger partial charge in [-0.15, -0.1) is 0 Å². The van der Waals surface area contributed by atoms with Gasteiger partial charge in [0.25, 0.3) is 0 Å². The number of rotatable bonds is 6. The zero-order valence-corrected chi connectivity index (χ0v) is 13.6. The zero-order chi connectivity index (χ0) is 16.8. The Bertz CT molecular complexity index is 713. The number of nitrogens with one attached hydrogen (secondary N) is 2. The van der Waals surface area contributed by atoms with Crippen molar-refractivity contribution in [1.82, 2.24) is 5.32 Å². The highest BCUT2D eigenvalue weighted by atomic mass is 16.2. The molecule has 0 spiro atoms. The Balaban J connectivity index is 1.42. The van der Waals surface area contributed by atoms with E-state index in [9.17, 15) is 9.59 Å². The van der Waals surface area contributed by atoms with Crippen molar-refractivity contribution in [3.05, 3.63) is 65.7 Å². The van der Waals surface area contributed by atoms with Crippen molar-refractivity contribution in [3.63, 3.8) is 0 Å². The molecule has 0 radical (unpaired) electrons. The van der Waals surface area contributed by atoms with Crippen LogP contribution >= 0.6 is 0 Å². The lowest BCUT2D eigenvalue weighted by molar-refractivity contribution is -0.122. The van der Waals surface area contributed by atoms with Crippen molar-refractivity contribution in [2.24, 2.45) is 5.92 Å². The summed E-state index contributed by atoms with van der Waals surface area (Å²) in [6.45, 7) is 0.628. The number of carbonyl (C=O) groups excluding carboxylic acids is 2. The molecule has 3 rings (SSSR count). The van der Waals surface area contributed by atoms with Crippen molar-refractivity contribution in [3.8, 4) is 0 Å². The monoisotopic (exact) mass is 322 g/mol. The van der Waals surface area contributed by atoms with Crippen LogP contribution in [0.4, 0.5) is 5.69 Å². The maximum atomic E-state index is 12.1. The number of carbonyl (C=O) groups is 2. The third-order valence-corrected chi connectivity index (χ3v) is 4.41. The largest absolute Gasteiger partial charge is 0.356 e. The van der Waals surface area contributed by atoms with E-state index in [2.05, 4.69) is 22.8 Å². The number of benzene rings is 2. The van der Waals surface area contributed by atoms with E-state index in [-0.39, 0.29) is 17.7 Å². The van der Waals surface area contributed by atoms with Gasteiger partial charge >= 0.3 is 0 Å². The quantitative estimate of drug-likeness (QED) is 0.859. The normalized spacial score (nSPS) is 16.2. The molecule has 0 saturated carbocycles. The molecule has 1 aliphatic rings. The van der Waals surface area contributed by atoms with Crippen LogP contribution in [0.25, 0.3) is 0 Å². The van der Waals surface area contributed by atoms with E-state index in [1.54, 1.807) is 0 Å². The maximum Gasteiger partial charge on any atom is 0.227 e. The van der Waals surface area contributed by atoms with Crippen LogP contribution in [-0.4, -0.2) is 18.4 Å². The molecule has 1 heterocycles. The molecule has 0 bridgehead atoms. The second-order valence-corrected chi connectivity index (χ2v) is 6.17. The molecule has 2 aromatic carbocycles. The van der Waals surface area contributed by atoms with Crippen molar-refractivity contribution in [1.29, 1.82) is 0 Å². The van der Waals surface area contributed by atoms with E-state index in [4.69, 9.17) is 0 Å². The number of amides is 2. The molecule has 24 heavy (non-hydrogen) atoms. The molecule has 1 unspecified atom stereocenters. The fraction of sp³-hybridized carbons (Fsp3) is 0.300. The summed E-state index contributed by atoms with van der Waals surface area (Å²) in [5.74, 6) is -0.0943. The lowest BCUT2D eigenvalue weighted by Gasteiger charge is -2.24. The number of anilines is 1. The van der Waals surface area contributed by atoms with Gasteiger partial charge in [-0.3, -0.25) is 9.59 Å². The second kappa shape index (κ2) is 7.77. The van der Waals surface area contributed by atoms with Gasteiger partial charge in [0.1, 0.15) is 0 Å². The van der Waals surface area contributed by atoms with Gasteiger partial charge in [-0.2, -0.15) is 0 Å². The van der Waals surface area contributed by atoms with E-state index in [1.165, 1.54) is 5.56 Å². The molecule has 1 aliphatic heterocycles. The van der Waals surface area contributed by atoms with Crippen molar-refractivity contribution in [2.45, 2.75) is 25.7 Å². The highest BCUT2D eigenvalue weighted by Crippen LogP contribution is 2.27. The van der Waals surface area contributed by atoms with Gasteiger partial charge in [0.2, 0.25) is 11.8 Å². The minimum Gasteiger partial charge on any atom is -0.356 e. The van der Waals surface area contributed by atoms with Gasteiger partial charge in [-0.25, -0.2) is 0 Å². The van der Waals surface area contributed by atoms with Crippen molar-refractivity contribution < 1.29 is 9.59 Å². The summed E-state index contributed by atoms with van der Waals surface area (Å²) >= 11 is 0. The molecule has 2 amide bonds.